The summed E-state index contributed by atoms with van der Waals surface area (Å²) in [7, 11) is 0. The van der Waals surface area contributed by atoms with Gasteiger partial charge in [-0.3, -0.25) is 9.88 Å². The van der Waals surface area contributed by atoms with E-state index >= 15 is 0 Å². The van der Waals surface area contributed by atoms with Gasteiger partial charge >= 0.3 is 6.03 Å². The minimum absolute atomic E-state index is 0.0295. The number of pyridine rings is 1. The van der Waals surface area contributed by atoms with E-state index in [2.05, 4.69) is 34.3 Å². The molecular formula is C19H24N4O. The molecule has 1 aromatic heterocycles. The molecule has 1 N–H and O–H groups in total. The summed E-state index contributed by atoms with van der Waals surface area (Å²) < 4.78 is 0. The summed E-state index contributed by atoms with van der Waals surface area (Å²) in [5.74, 6) is 0. The normalized spacial score (nSPS) is 15.3. The molecule has 0 aliphatic carbocycles. The molecule has 0 saturated carbocycles. The minimum Gasteiger partial charge on any atom is -0.334 e. The number of amides is 2. The fourth-order valence-electron chi connectivity index (χ4n) is 2.95. The molecule has 5 nitrogen and oxygen atoms in total. The predicted octanol–water partition coefficient (Wildman–Crippen LogP) is 2.42. The van der Waals surface area contributed by atoms with Gasteiger partial charge in [-0.1, -0.05) is 24.3 Å². The number of benzene rings is 1. The van der Waals surface area contributed by atoms with Gasteiger partial charge in [0.05, 0.1) is 0 Å². The van der Waals surface area contributed by atoms with Crippen LogP contribution in [0.3, 0.4) is 0 Å². The molecule has 2 aromatic rings. The lowest BCUT2D eigenvalue weighted by Gasteiger charge is -2.34. The Morgan fingerprint density at radius 2 is 1.79 bits per heavy atom. The number of urea groups is 1. The monoisotopic (exact) mass is 324 g/mol. The van der Waals surface area contributed by atoms with Gasteiger partial charge < -0.3 is 10.2 Å². The second-order valence-corrected chi connectivity index (χ2v) is 6.20. The van der Waals surface area contributed by atoms with Crippen LogP contribution in [0, 0.1) is 6.92 Å². The highest BCUT2D eigenvalue weighted by atomic mass is 16.2. The molecule has 1 aromatic carbocycles. The molecule has 1 fully saturated rings. The lowest BCUT2D eigenvalue weighted by atomic mass is 10.1. The summed E-state index contributed by atoms with van der Waals surface area (Å²) in [4.78, 5) is 20.7. The topological polar surface area (TPSA) is 48.5 Å². The maximum Gasteiger partial charge on any atom is 0.317 e. The Labute approximate surface area is 143 Å². The molecule has 24 heavy (non-hydrogen) atoms. The summed E-state index contributed by atoms with van der Waals surface area (Å²) in [6, 6.07) is 12.3. The van der Waals surface area contributed by atoms with Crippen molar-refractivity contribution in [1.82, 2.24) is 20.1 Å². The number of aromatic nitrogens is 1. The van der Waals surface area contributed by atoms with Crippen molar-refractivity contribution in [2.45, 2.75) is 20.0 Å². The van der Waals surface area contributed by atoms with Crippen molar-refractivity contribution in [1.29, 1.82) is 0 Å². The Balaban J connectivity index is 1.44. The van der Waals surface area contributed by atoms with Crippen molar-refractivity contribution < 1.29 is 4.79 Å². The summed E-state index contributed by atoms with van der Waals surface area (Å²) in [5.41, 5.74) is 3.64. The first kappa shape index (κ1) is 16.5. The molecule has 3 rings (SSSR count). The molecule has 1 aliphatic heterocycles. The van der Waals surface area contributed by atoms with Gasteiger partial charge in [0, 0.05) is 51.7 Å². The van der Waals surface area contributed by atoms with Crippen molar-refractivity contribution in [2.75, 3.05) is 26.2 Å². The SMILES string of the molecule is Cc1ccccc1CNC(=O)N1CCN(Cc2ccncc2)CC1. The Hall–Kier alpha value is -2.40. The number of hydrogen-bond donors (Lipinski definition) is 1. The zero-order chi connectivity index (χ0) is 16.8. The van der Waals surface area contributed by atoms with E-state index in [1.165, 1.54) is 16.7 Å². The Kier molecular flexibility index (Phi) is 5.43. The van der Waals surface area contributed by atoms with Crippen LogP contribution < -0.4 is 5.32 Å². The first-order valence-electron chi connectivity index (χ1n) is 8.41. The minimum atomic E-state index is 0.0295. The number of nitrogens with zero attached hydrogens (tertiary/aromatic N) is 3. The number of aryl methyl sites for hydroxylation is 1. The molecule has 5 heteroatoms. The average Bonchev–Trinajstić information content (AvgIpc) is 2.62. The van der Waals surface area contributed by atoms with Crippen LogP contribution in [0.5, 0.6) is 0 Å². The predicted molar refractivity (Wildman–Crippen MR) is 94.5 cm³/mol. The van der Waals surface area contributed by atoms with Crippen molar-refractivity contribution in [3.63, 3.8) is 0 Å². The number of carbonyl (C=O) groups excluding carboxylic acids is 1. The zero-order valence-electron chi connectivity index (χ0n) is 14.1. The third kappa shape index (κ3) is 4.32. The highest BCUT2D eigenvalue weighted by Crippen LogP contribution is 2.09. The van der Waals surface area contributed by atoms with Crippen LogP contribution in [0.1, 0.15) is 16.7 Å². The van der Waals surface area contributed by atoms with Crippen LogP contribution in [0.25, 0.3) is 0 Å². The Morgan fingerprint density at radius 3 is 2.50 bits per heavy atom. The quantitative estimate of drug-likeness (QED) is 0.939. The van der Waals surface area contributed by atoms with Crippen molar-refractivity contribution in [2.24, 2.45) is 0 Å². The smallest absolute Gasteiger partial charge is 0.317 e. The first-order chi connectivity index (χ1) is 11.7. The molecule has 2 amide bonds. The summed E-state index contributed by atoms with van der Waals surface area (Å²) in [6.07, 6.45) is 3.65. The van der Waals surface area contributed by atoms with Gasteiger partial charge in [0.25, 0.3) is 0 Å². The summed E-state index contributed by atoms with van der Waals surface area (Å²) in [6.45, 7) is 6.92. The molecular weight excluding hydrogens is 300 g/mol. The third-order valence-corrected chi connectivity index (χ3v) is 4.51. The number of carbonyl (C=O) groups is 1. The van der Waals surface area contributed by atoms with E-state index in [1.54, 1.807) is 0 Å². The largest absolute Gasteiger partial charge is 0.334 e. The van der Waals surface area contributed by atoms with Crippen LogP contribution in [0.2, 0.25) is 0 Å². The third-order valence-electron chi connectivity index (χ3n) is 4.51. The number of hydrogen-bond acceptors (Lipinski definition) is 3. The zero-order valence-corrected chi connectivity index (χ0v) is 14.1. The van der Waals surface area contributed by atoms with Gasteiger partial charge in [-0.15, -0.1) is 0 Å². The molecule has 1 aliphatic rings. The van der Waals surface area contributed by atoms with Crippen LogP contribution in [0.4, 0.5) is 4.79 Å². The van der Waals surface area contributed by atoms with E-state index < -0.39 is 0 Å². The van der Waals surface area contributed by atoms with Crippen molar-refractivity contribution in [3.05, 3.63) is 65.5 Å². The van der Waals surface area contributed by atoms with E-state index in [-0.39, 0.29) is 6.03 Å². The van der Waals surface area contributed by atoms with Gasteiger partial charge in [-0.25, -0.2) is 4.79 Å². The highest BCUT2D eigenvalue weighted by molar-refractivity contribution is 5.74. The molecule has 0 atom stereocenters. The molecule has 0 spiro atoms. The average molecular weight is 324 g/mol. The molecule has 2 heterocycles. The van der Waals surface area contributed by atoms with Crippen LogP contribution in [-0.2, 0) is 13.1 Å². The van der Waals surface area contributed by atoms with Crippen molar-refractivity contribution in [3.8, 4) is 0 Å². The fraction of sp³-hybridized carbons (Fsp3) is 0.368. The van der Waals surface area contributed by atoms with Crippen LogP contribution in [0.15, 0.2) is 48.8 Å². The maximum atomic E-state index is 12.3. The van der Waals surface area contributed by atoms with Gasteiger partial charge in [0.15, 0.2) is 0 Å². The van der Waals surface area contributed by atoms with Gasteiger partial charge in [-0.05, 0) is 35.7 Å². The lowest BCUT2D eigenvalue weighted by molar-refractivity contribution is 0.135. The fourth-order valence-corrected chi connectivity index (χ4v) is 2.95. The number of rotatable bonds is 4. The van der Waals surface area contributed by atoms with E-state index in [0.717, 1.165) is 32.7 Å². The van der Waals surface area contributed by atoms with Gasteiger partial charge in [0.2, 0.25) is 0 Å². The van der Waals surface area contributed by atoms with Crippen LogP contribution >= 0.6 is 0 Å². The first-order valence-corrected chi connectivity index (χ1v) is 8.41. The van der Waals surface area contributed by atoms with Crippen LogP contribution in [-0.4, -0.2) is 47.0 Å². The molecule has 0 unspecified atom stereocenters. The van der Waals surface area contributed by atoms with E-state index in [1.807, 2.05) is 41.6 Å². The van der Waals surface area contributed by atoms with Crippen molar-refractivity contribution >= 4 is 6.03 Å². The Morgan fingerprint density at radius 1 is 1.08 bits per heavy atom. The van der Waals surface area contributed by atoms with Gasteiger partial charge in [-0.2, -0.15) is 0 Å². The second-order valence-electron chi connectivity index (χ2n) is 6.20. The van der Waals surface area contributed by atoms with Gasteiger partial charge in [0.1, 0.15) is 0 Å². The summed E-state index contributed by atoms with van der Waals surface area (Å²) in [5, 5.41) is 3.03. The number of piperazine rings is 1. The van der Waals surface area contributed by atoms with E-state index in [4.69, 9.17) is 0 Å². The van der Waals surface area contributed by atoms with E-state index in [0.29, 0.717) is 6.54 Å². The Bertz CT molecular complexity index is 666. The molecule has 1 saturated heterocycles. The molecule has 0 bridgehead atoms. The van der Waals surface area contributed by atoms with E-state index in [9.17, 15) is 4.79 Å². The number of nitrogens with one attached hydrogen (secondary N) is 1. The highest BCUT2D eigenvalue weighted by Gasteiger charge is 2.20. The standard InChI is InChI=1S/C19H24N4O/c1-16-4-2-3-5-18(16)14-21-19(24)23-12-10-22(11-13-23)15-17-6-8-20-9-7-17/h2-9H,10-15H2,1H3,(H,21,24). The maximum absolute atomic E-state index is 12.3. The summed E-state index contributed by atoms with van der Waals surface area (Å²) >= 11 is 0. The molecule has 126 valence electrons. The lowest BCUT2D eigenvalue weighted by Crippen LogP contribution is -2.51. The molecule has 0 radical (unpaired) electrons. The second kappa shape index (κ2) is 7.93.